The van der Waals surface area contributed by atoms with Crippen LogP contribution < -0.4 is 5.32 Å². The summed E-state index contributed by atoms with van der Waals surface area (Å²) in [5.41, 5.74) is -0.200. The van der Waals surface area contributed by atoms with Gasteiger partial charge in [-0.25, -0.2) is 8.78 Å². The molecule has 1 heterocycles. The van der Waals surface area contributed by atoms with E-state index in [2.05, 4.69) is 5.32 Å². The summed E-state index contributed by atoms with van der Waals surface area (Å²) in [6.45, 7) is 0. The third kappa shape index (κ3) is 1.42. The van der Waals surface area contributed by atoms with Gasteiger partial charge in [-0.05, 0) is 24.8 Å². The maximum Gasteiger partial charge on any atom is 0.160 e. The first-order valence-corrected chi connectivity index (χ1v) is 5.99. The molecule has 1 atom stereocenters. The lowest BCUT2D eigenvalue weighted by molar-refractivity contribution is 0.111. The lowest BCUT2D eigenvalue weighted by atomic mass is 10.2. The number of halogens is 2. The van der Waals surface area contributed by atoms with E-state index in [-0.39, 0.29) is 17.3 Å². The summed E-state index contributed by atoms with van der Waals surface area (Å²) >= 11 is 1.45. The van der Waals surface area contributed by atoms with Gasteiger partial charge in [-0.2, -0.15) is 0 Å². The molecule has 1 N–H and O–H groups in total. The number of hydrogen-bond donors (Lipinski definition) is 1. The number of rotatable bonds is 2. The molecule has 5 heteroatoms. The molecular formula is C11H9F2NOS. The summed E-state index contributed by atoms with van der Waals surface area (Å²) in [5.74, 6) is -1.00. The fourth-order valence-electron chi connectivity index (χ4n) is 1.87. The van der Waals surface area contributed by atoms with E-state index in [1.165, 1.54) is 17.8 Å². The van der Waals surface area contributed by atoms with E-state index in [0.717, 1.165) is 12.8 Å². The highest BCUT2D eigenvalue weighted by Crippen LogP contribution is 2.49. The zero-order valence-corrected chi connectivity index (χ0v) is 9.11. The fraction of sp³-hybridized carbons (Fsp3) is 0.364. The van der Waals surface area contributed by atoms with E-state index in [4.69, 9.17) is 0 Å². The molecule has 16 heavy (non-hydrogen) atoms. The van der Waals surface area contributed by atoms with Crippen LogP contribution in [0.4, 0.5) is 14.5 Å². The van der Waals surface area contributed by atoms with Gasteiger partial charge in [0.15, 0.2) is 12.1 Å². The van der Waals surface area contributed by atoms with Crippen molar-refractivity contribution in [1.82, 2.24) is 0 Å². The molecule has 84 valence electrons. The minimum atomic E-state index is -0.781. The number of aldehydes is 1. The molecular weight excluding hydrogens is 232 g/mol. The molecule has 1 saturated carbocycles. The highest BCUT2D eigenvalue weighted by atomic mass is 32.2. The Kier molecular flexibility index (Phi) is 2.17. The van der Waals surface area contributed by atoms with Crippen molar-refractivity contribution < 1.29 is 13.6 Å². The van der Waals surface area contributed by atoms with Crippen LogP contribution >= 0.6 is 11.8 Å². The van der Waals surface area contributed by atoms with Crippen LogP contribution in [0.3, 0.4) is 0 Å². The molecule has 3 rings (SSSR count). The smallest absolute Gasteiger partial charge is 0.160 e. The van der Waals surface area contributed by atoms with E-state index in [0.29, 0.717) is 10.8 Å². The molecule has 0 amide bonds. The van der Waals surface area contributed by atoms with Crippen molar-refractivity contribution in [3.8, 4) is 0 Å². The maximum atomic E-state index is 13.7. The minimum Gasteiger partial charge on any atom is -0.369 e. The Morgan fingerprint density at radius 1 is 1.44 bits per heavy atom. The Bertz CT molecular complexity index is 474. The lowest BCUT2D eigenvalue weighted by Crippen LogP contribution is -2.13. The summed E-state index contributed by atoms with van der Waals surface area (Å²) in [6, 6.07) is 1.24. The van der Waals surface area contributed by atoms with Gasteiger partial charge in [0.05, 0.1) is 16.6 Å². The zero-order valence-electron chi connectivity index (χ0n) is 8.30. The number of carbonyl (C=O) groups excluding carboxylic acids is 1. The summed E-state index contributed by atoms with van der Waals surface area (Å²) in [5, 5.41) is 3.16. The summed E-state index contributed by atoms with van der Waals surface area (Å²) in [4.78, 5) is 11.1. The van der Waals surface area contributed by atoms with Gasteiger partial charge >= 0.3 is 0 Å². The first kappa shape index (κ1) is 10.1. The number of carbonyl (C=O) groups is 1. The van der Waals surface area contributed by atoms with Gasteiger partial charge < -0.3 is 5.32 Å². The minimum absolute atomic E-state index is 0.130. The summed E-state index contributed by atoms with van der Waals surface area (Å²) in [7, 11) is 0. The first-order chi connectivity index (χ1) is 7.70. The van der Waals surface area contributed by atoms with Gasteiger partial charge in [0, 0.05) is 4.90 Å². The van der Waals surface area contributed by atoms with Crippen LogP contribution in [0, 0.1) is 17.6 Å². The highest BCUT2D eigenvalue weighted by molar-refractivity contribution is 8.00. The van der Waals surface area contributed by atoms with Gasteiger partial charge in [-0.15, -0.1) is 0 Å². The van der Waals surface area contributed by atoms with E-state index >= 15 is 0 Å². The van der Waals surface area contributed by atoms with Crippen molar-refractivity contribution in [2.75, 3.05) is 5.32 Å². The molecule has 0 aromatic heterocycles. The van der Waals surface area contributed by atoms with Gasteiger partial charge in [0.1, 0.15) is 5.82 Å². The van der Waals surface area contributed by atoms with Crippen molar-refractivity contribution in [3.05, 3.63) is 23.3 Å². The average molecular weight is 241 g/mol. The first-order valence-electron chi connectivity index (χ1n) is 5.11. The number of fused-ring (bicyclic) bond motifs is 1. The quantitative estimate of drug-likeness (QED) is 0.807. The van der Waals surface area contributed by atoms with Crippen LogP contribution in [0.5, 0.6) is 0 Å². The third-order valence-electron chi connectivity index (χ3n) is 2.93. The second-order valence-electron chi connectivity index (χ2n) is 4.10. The lowest BCUT2D eigenvalue weighted by Gasteiger charge is -2.08. The van der Waals surface area contributed by atoms with Crippen molar-refractivity contribution in [1.29, 1.82) is 0 Å². The van der Waals surface area contributed by atoms with E-state index in [1.807, 2.05) is 0 Å². The predicted octanol–water partition coefficient (Wildman–Crippen LogP) is 3.03. The average Bonchev–Trinajstić information content (AvgIpc) is 3.00. The Balaban J connectivity index is 2.03. The number of benzene rings is 1. The molecule has 2 nitrogen and oxygen atoms in total. The monoisotopic (exact) mass is 241 g/mol. The molecule has 1 aromatic carbocycles. The SMILES string of the molecule is O=Cc1c(F)cc2c(c1F)NC(C1CC1)S2. The number of nitrogens with one attached hydrogen (secondary N) is 1. The molecule has 2 aliphatic rings. The van der Waals surface area contributed by atoms with E-state index in [1.54, 1.807) is 0 Å². The zero-order chi connectivity index (χ0) is 11.3. The van der Waals surface area contributed by atoms with Crippen LogP contribution in [-0.4, -0.2) is 11.7 Å². The van der Waals surface area contributed by atoms with Crippen LogP contribution in [0.2, 0.25) is 0 Å². The Morgan fingerprint density at radius 3 is 2.81 bits per heavy atom. The van der Waals surface area contributed by atoms with E-state index < -0.39 is 17.2 Å². The molecule has 0 radical (unpaired) electrons. The van der Waals surface area contributed by atoms with Crippen molar-refractivity contribution >= 4 is 23.7 Å². The molecule has 1 unspecified atom stereocenters. The van der Waals surface area contributed by atoms with E-state index in [9.17, 15) is 13.6 Å². The van der Waals surface area contributed by atoms with Crippen LogP contribution in [-0.2, 0) is 0 Å². The Labute approximate surface area is 95.4 Å². The van der Waals surface area contributed by atoms with Crippen LogP contribution in [0.1, 0.15) is 23.2 Å². The molecule has 0 saturated heterocycles. The van der Waals surface area contributed by atoms with Crippen molar-refractivity contribution in [2.24, 2.45) is 5.92 Å². The molecule has 0 bridgehead atoms. The summed E-state index contributed by atoms with van der Waals surface area (Å²) in [6.07, 6.45) is 2.48. The highest BCUT2D eigenvalue weighted by Gasteiger charge is 2.38. The molecule has 1 fully saturated rings. The van der Waals surface area contributed by atoms with Crippen molar-refractivity contribution in [2.45, 2.75) is 23.1 Å². The maximum absolute atomic E-state index is 13.7. The third-order valence-corrected chi connectivity index (χ3v) is 4.26. The van der Waals surface area contributed by atoms with Gasteiger partial charge in [-0.1, -0.05) is 11.8 Å². The second-order valence-corrected chi connectivity index (χ2v) is 5.28. The predicted molar refractivity (Wildman–Crippen MR) is 57.7 cm³/mol. The van der Waals surface area contributed by atoms with Crippen molar-refractivity contribution in [3.63, 3.8) is 0 Å². The fourth-order valence-corrected chi connectivity index (χ4v) is 3.22. The van der Waals surface area contributed by atoms with Gasteiger partial charge in [0.25, 0.3) is 0 Å². The molecule has 1 aliphatic heterocycles. The normalized spacial score (nSPS) is 22.8. The topological polar surface area (TPSA) is 29.1 Å². The van der Waals surface area contributed by atoms with Gasteiger partial charge in [0.2, 0.25) is 0 Å². The second kappa shape index (κ2) is 3.45. The number of hydrogen-bond acceptors (Lipinski definition) is 3. The van der Waals surface area contributed by atoms with Gasteiger partial charge in [-0.3, -0.25) is 4.79 Å². The Hall–Kier alpha value is -1.10. The standard InChI is InChI=1S/C11H9F2NOS/c12-7-3-8-10(9(13)6(7)4-15)14-11(16-8)5-1-2-5/h3-5,11,14H,1-2H2. The Morgan fingerprint density at radius 2 is 2.19 bits per heavy atom. The number of anilines is 1. The summed E-state index contributed by atoms with van der Waals surface area (Å²) < 4.78 is 27.1. The molecule has 1 aliphatic carbocycles. The molecule has 1 aromatic rings. The number of thioether (sulfide) groups is 1. The van der Waals surface area contributed by atoms with Crippen LogP contribution in [0.25, 0.3) is 0 Å². The largest absolute Gasteiger partial charge is 0.369 e. The van der Waals surface area contributed by atoms with Crippen LogP contribution in [0.15, 0.2) is 11.0 Å². The molecule has 0 spiro atoms.